The topological polar surface area (TPSA) is 0 Å². The molecular weight excluding hydrogens is 264 g/mol. The van der Waals surface area contributed by atoms with Crippen molar-refractivity contribution in [1.29, 1.82) is 0 Å². The maximum atomic E-state index is 3.93. The molecule has 0 bridgehead atoms. The number of aryl methyl sites for hydroxylation is 1. The number of benzene rings is 3. The van der Waals surface area contributed by atoms with Gasteiger partial charge in [-0.15, -0.1) is 0 Å². The molecule has 0 aromatic heterocycles. The first kappa shape index (κ1) is 14.8. The van der Waals surface area contributed by atoms with Gasteiger partial charge in [-0.25, -0.2) is 0 Å². The van der Waals surface area contributed by atoms with Crippen molar-refractivity contribution in [3.63, 3.8) is 0 Å². The molecule has 0 aliphatic rings. The molecule has 0 fully saturated rings. The first-order valence-electron chi connectivity index (χ1n) is 8.25. The zero-order valence-electron chi connectivity index (χ0n) is 13.1. The van der Waals surface area contributed by atoms with Crippen molar-refractivity contribution in [3.8, 4) is 11.1 Å². The zero-order valence-corrected chi connectivity index (χ0v) is 13.1. The average molecular weight is 287 g/mol. The third-order valence-corrected chi connectivity index (χ3v) is 4.25. The highest BCUT2D eigenvalue weighted by atomic mass is 14.1. The number of fused-ring (bicyclic) bond motifs is 1. The summed E-state index contributed by atoms with van der Waals surface area (Å²) in [6, 6.07) is 24.1. The lowest BCUT2D eigenvalue weighted by molar-refractivity contribution is 0.687. The maximum Gasteiger partial charge on any atom is -0.0151 e. The van der Waals surface area contributed by atoms with Gasteiger partial charge in [0, 0.05) is 0 Å². The Morgan fingerprint density at radius 1 is 0.682 bits per heavy atom. The quantitative estimate of drug-likeness (QED) is 0.457. The van der Waals surface area contributed by atoms with E-state index < -0.39 is 0 Å². The molecule has 0 amide bonds. The molecule has 0 saturated heterocycles. The number of hydrogen-bond donors (Lipinski definition) is 0. The van der Waals surface area contributed by atoms with E-state index in [1.165, 1.54) is 46.7 Å². The summed E-state index contributed by atoms with van der Waals surface area (Å²) in [5.74, 6) is 0. The highest BCUT2D eigenvalue weighted by molar-refractivity contribution is 5.90. The Bertz CT molecular complexity index is 725. The highest BCUT2D eigenvalue weighted by Crippen LogP contribution is 2.28. The Morgan fingerprint density at radius 3 is 2.27 bits per heavy atom. The lowest BCUT2D eigenvalue weighted by Gasteiger charge is -2.11. The van der Waals surface area contributed by atoms with Crippen LogP contribution >= 0.6 is 0 Å². The average Bonchev–Trinajstić information content (AvgIpc) is 2.59. The molecule has 3 aromatic carbocycles. The fourth-order valence-electron chi connectivity index (χ4n) is 3.06. The van der Waals surface area contributed by atoms with Gasteiger partial charge in [0.25, 0.3) is 0 Å². The molecule has 0 aliphatic carbocycles. The van der Waals surface area contributed by atoms with E-state index in [0.717, 1.165) is 12.8 Å². The Kier molecular flexibility index (Phi) is 4.90. The first-order valence-corrected chi connectivity index (χ1v) is 8.25. The van der Waals surface area contributed by atoms with Crippen molar-refractivity contribution in [1.82, 2.24) is 0 Å². The minimum atomic E-state index is 1.05. The van der Waals surface area contributed by atoms with E-state index in [-0.39, 0.29) is 0 Å². The van der Waals surface area contributed by atoms with Crippen molar-refractivity contribution in [2.75, 3.05) is 0 Å². The zero-order chi connectivity index (χ0) is 15.2. The number of rotatable bonds is 6. The van der Waals surface area contributed by atoms with Crippen LogP contribution in [0.25, 0.3) is 21.9 Å². The molecule has 0 atom stereocenters. The Balaban J connectivity index is 1.97. The second kappa shape index (κ2) is 7.26. The van der Waals surface area contributed by atoms with Crippen molar-refractivity contribution in [2.24, 2.45) is 0 Å². The van der Waals surface area contributed by atoms with Crippen LogP contribution in [-0.2, 0) is 6.42 Å². The van der Waals surface area contributed by atoms with Crippen molar-refractivity contribution in [2.45, 2.75) is 32.1 Å². The molecular formula is C22H23. The van der Waals surface area contributed by atoms with Gasteiger partial charge in [0.1, 0.15) is 0 Å². The molecule has 1 radical (unpaired) electrons. The van der Waals surface area contributed by atoms with Gasteiger partial charge >= 0.3 is 0 Å². The van der Waals surface area contributed by atoms with Gasteiger partial charge < -0.3 is 0 Å². The van der Waals surface area contributed by atoms with Crippen LogP contribution in [0.5, 0.6) is 0 Å². The van der Waals surface area contributed by atoms with E-state index in [1.54, 1.807) is 0 Å². The van der Waals surface area contributed by atoms with Gasteiger partial charge in [-0.2, -0.15) is 0 Å². The Labute approximate surface area is 133 Å². The van der Waals surface area contributed by atoms with Gasteiger partial charge in [0.05, 0.1) is 0 Å². The SMILES string of the molecule is [CH2]CCCCCc1cc(-c2ccccc2)cc2ccccc12. The fourth-order valence-corrected chi connectivity index (χ4v) is 3.06. The monoisotopic (exact) mass is 287 g/mol. The summed E-state index contributed by atoms with van der Waals surface area (Å²) in [5, 5.41) is 2.74. The molecule has 0 saturated carbocycles. The highest BCUT2D eigenvalue weighted by Gasteiger charge is 2.05. The fraction of sp³-hybridized carbons (Fsp3) is 0.227. The van der Waals surface area contributed by atoms with Crippen LogP contribution in [0.2, 0.25) is 0 Å². The van der Waals surface area contributed by atoms with Crippen LogP contribution < -0.4 is 0 Å². The molecule has 111 valence electrons. The second-order valence-corrected chi connectivity index (χ2v) is 5.89. The number of hydrogen-bond acceptors (Lipinski definition) is 0. The van der Waals surface area contributed by atoms with Crippen LogP contribution in [0.15, 0.2) is 66.7 Å². The lowest BCUT2D eigenvalue weighted by atomic mass is 9.94. The third-order valence-electron chi connectivity index (χ3n) is 4.25. The summed E-state index contributed by atoms with van der Waals surface area (Å²) < 4.78 is 0. The summed E-state index contributed by atoms with van der Waals surface area (Å²) in [5.41, 5.74) is 4.10. The smallest absolute Gasteiger partial charge is 0.0151 e. The summed E-state index contributed by atoms with van der Waals surface area (Å²) >= 11 is 0. The van der Waals surface area contributed by atoms with E-state index in [2.05, 4.69) is 73.7 Å². The normalized spacial score (nSPS) is 11.0. The number of unbranched alkanes of at least 4 members (excludes halogenated alkanes) is 3. The molecule has 3 rings (SSSR count). The molecule has 0 unspecified atom stereocenters. The molecule has 22 heavy (non-hydrogen) atoms. The Morgan fingerprint density at radius 2 is 1.45 bits per heavy atom. The van der Waals surface area contributed by atoms with Crippen molar-refractivity contribution in [3.05, 3.63) is 79.2 Å². The lowest BCUT2D eigenvalue weighted by Crippen LogP contribution is -1.90. The molecule has 0 aliphatic heterocycles. The molecule has 0 heteroatoms. The standard InChI is InChI=1S/C22H23/c1-2-3-4-6-13-19-16-21(18-11-7-5-8-12-18)17-20-14-9-10-15-22(19)20/h5,7-12,14-17H,1-4,6,13H2. The van der Waals surface area contributed by atoms with Crippen molar-refractivity contribution < 1.29 is 0 Å². The summed E-state index contributed by atoms with van der Waals surface area (Å²) in [6.07, 6.45) is 5.95. The van der Waals surface area contributed by atoms with Gasteiger partial charge in [-0.3, -0.25) is 0 Å². The first-order chi connectivity index (χ1) is 10.9. The molecule has 3 aromatic rings. The summed E-state index contributed by atoms with van der Waals surface area (Å²) in [6.45, 7) is 3.93. The van der Waals surface area contributed by atoms with Gasteiger partial charge in [-0.05, 0) is 46.4 Å². The van der Waals surface area contributed by atoms with Crippen LogP contribution in [-0.4, -0.2) is 0 Å². The Hall–Kier alpha value is -2.08. The van der Waals surface area contributed by atoms with Crippen LogP contribution in [0, 0.1) is 6.92 Å². The molecule has 0 nitrogen and oxygen atoms in total. The molecule has 0 spiro atoms. The van der Waals surface area contributed by atoms with Gasteiger partial charge in [-0.1, -0.05) is 86.8 Å². The van der Waals surface area contributed by atoms with E-state index in [0.29, 0.717) is 0 Å². The van der Waals surface area contributed by atoms with Gasteiger partial charge in [0.2, 0.25) is 0 Å². The van der Waals surface area contributed by atoms with E-state index in [4.69, 9.17) is 0 Å². The second-order valence-electron chi connectivity index (χ2n) is 5.89. The van der Waals surface area contributed by atoms with Crippen molar-refractivity contribution >= 4 is 10.8 Å². The van der Waals surface area contributed by atoms with Crippen LogP contribution in [0.4, 0.5) is 0 Å². The summed E-state index contributed by atoms with van der Waals surface area (Å²) in [7, 11) is 0. The third kappa shape index (κ3) is 3.39. The molecule has 0 N–H and O–H groups in total. The van der Waals surface area contributed by atoms with E-state index >= 15 is 0 Å². The predicted molar refractivity (Wildman–Crippen MR) is 96.9 cm³/mol. The minimum Gasteiger partial charge on any atom is -0.0622 e. The largest absolute Gasteiger partial charge is 0.0622 e. The minimum absolute atomic E-state index is 1.05. The maximum absolute atomic E-state index is 3.93. The van der Waals surface area contributed by atoms with E-state index in [9.17, 15) is 0 Å². The molecule has 0 heterocycles. The summed E-state index contributed by atoms with van der Waals surface area (Å²) in [4.78, 5) is 0. The predicted octanol–water partition coefficient (Wildman–Crippen LogP) is 6.44. The van der Waals surface area contributed by atoms with E-state index in [1.807, 2.05) is 0 Å². The van der Waals surface area contributed by atoms with Gasteiger partial charge in [0.15, 0.2) is 0 Å². The van der Waals surface area contributed by atoms with Crippen LogP contribution in [0.1, 0.15) is 31.2 Å². The van der Waals surface area contributed by atoms with Crippen LogP contribution in [0.3, 0.4) is 0 Å².